The van der Waals surface area contributed by atoms with Gasteiger partial charge < -0.3 is 15.2 Å². The van der Waals surface area contributed by atoms with E-state index in [9.17, 15) is 4.79 Å². The van der Waals surface area contributed by atoms with Crippen molar-refractivity contribution in [2.24, 2.45) is 5.73 Å². The minimum absolute atomic E-state index is 0.349. The summed E-state index contributed by atoms with van der Waals surface area (Å²) >= 11 is 0. The molecule has 0 aromatic heterocycles. The molecule has 0 bridgehead atoms. The van der Waals surface area contributed by atoms with E-state index in [0.717, 1.165) is 16.9 Å². The van der Waals surface area contributed by atoms with E-state index in [1.807, 2.05) is 30.4 Å². The molecule has 2 aliphatic rings. The lowest BCUT2D eigenvalue weighted by molar-refractivity contribution is -0.125. The van der Waals surface area contributed by atoms with Crippen LogP contribution < -0.4 is 10.5 Å². The van der Waals surface area contributed by atoms with Gasteiger partial charge in [0.15, 0.2) is 0 Å². The number of ether oxygens (including phenoxy) is 2. The smallest absolute Gasteiger partial charge is 0.239 e. The van der Waals surface area contributed by atoms with Crippen LogP contribution in [0.3, 0.4) is 0 Å². The van der Waals surface area contributed by atoms with Crippen LogP contribution in [-0.4, -0.2) is 43.7 Å². The van der Waals surface area contributed by atoms with Crippen LogP contribution in [0, 0.1) is 0 Å². The largest absolute Gasteiger partial charge is 0.489 e. The van der Waals surface area contributed by atoms with Crippen molar-refractivity contribution in [3.05, 3.63) is 35.4 Å². The molecular weight excluding hydrogens is 256 g/mol. The predicted molar refractivity (Wildman–Crippen MR) is 75.3 cm³/mol. The van der Waals surface area contributed by atoms with Crippen molar-refractivity contribution in [3.8, 4) is 5.75 Å². The lowest BCUT2D eigenvalue weighted by atomic mass is 9.98. The molecule has 1 amide bonds. The van der Waals surface area contributed by atoms with Crippen LogP contribution in [0.1, 0.15) is 17.2 Å². The maximum Gasteiger partial charge on any atom is 0.239 e. The number of morpholine rings is 1. The van der Waals surface area contributed by atoms with E-state index < -0.39 is 6.04 Å². The van der Waals surface area contributed by atoms with Crippen molar-refractivity contribution < 1.29 is 14.3 Å². The molecule has 2 N–H and O–H groups in total. The zero-order valence-corrected chi connectivity index (χ0v) is 11.2. The van der Waals surface area contributed by atoms with Gasteiger partial charge >= 0.3 is 0 Å². The molecule has 0 radical (unpaired) electrons. The second-order valence-electron chi connectivity index (χ2n) is 4.93. The second-order valence-corrected chi connectivity index (χ2v) is 4.93. The number of primary amides is 1. The zero-order valence-electron chi connectivity index (χ0n) is 11.2. The molecule has 1 aromatic rings. The molecule has 0 spiro atoms. The number of benzene rings is 1. The van der Waals surface area contributed by atoms with Crippen molar-refractivity contribution in [1.82, 2.24) is 4.90 Å². The van der Waals surface area contributed by atoms with Crippen LogP contribution in [0.15, 0.2) is 24.3 Å². The summed E-state index contributed by atoms with van der Waals surface area (Å²) in [6.45, 7) is 3.18. The van der Waals surface area contributed by atoms with E-state index >= 15 is 0 Å². The first-order chi connectivity index (χ1) is 9.77. The highest BCUT2D eigenvalue weighted by molar-refractivity contribution is 5.83. The van der Waals surface area contributed by atoms with Gasteiger partial charge in [-0.15, -0.1) is 0 Å². The average molecular weight is 274 g/mol. The molecule has 1 aromatic carbocycles. The normalized spacial score (nSPS) is 20.0. The Morgan fingerprint density at radius 1 is 1.30 bits per heavy atom. The van der Waals surface area contributed by atoms with Crippen LogP contribution in [0.4, 0.5) is 0 Å². The molecule has 2 aliphatic heterocycles. The highest BCUT2D eigenvalue weighted by Crippen LogP contribution is 2.35. The van der Waals surface area contributed by atoms with Crippen molar-refractivity contribution >= 4 is 12.0 Å². The molecule has 20 heavy (non-hydrogen) atoms. The molecule has 5 nitrogen and oxygen atoms in total. The molecule has 1 unspecified atom stereocenters. The van der Waals surface area contributed by atoms with Crippen LogP contribution in [-0.2, 0) is 9.53 Å². The number of hydrogen-bond acceptors (Lipinski definition) is 4. The topological polar surface area (TPSA) is 64.8 Å². The Morgan fingerprint density at radius 2 is 2.10 bits per heavy atom. The van der Waals surface area contributed by atoms with Gasteiger partial charge in [-0.2, -0.15) is 0 Å². The summed E-state index contributed by atoms with van der Waals surface area (Å²) in [7, 11) is 0. The highest BCUT2D eigenvalue weighted by Gasteiger charge is 2.30. The number of para-hydroxylation sites is 1. The first-order valence-electron chi connectivity index (χ1n) is 6.81. The molecule has 5 heteroatoms. The Hall–Kier alpha value is -1.85. The maximum atomic E-state index is 12.0. The van der Waals surface area contributed by atoms with Crippen LogP contribution in [0.25, 0.3) is 6.08 Å². The number of fused-ring (bicyclic) bond motifs is 1. The van der Waals surface area contributed by atoms with Gasteiger partial charge in [0.1, 0.15) is 18.4 Å². The van der Waals surface area contributed by atoms with Crippen LogP contribution in [0.2, 0.25) is 0 Å². The van der Waals surface area contributed by atoms with E-state index in [1.165, 1.54) is 0 Å². The summed E-state index contributed by atoms with van der Waals surface area (Å²) in [6, 6.07) is 5.37. The molecule has 106 valence electrons. The van der Waals surface area contributed by atoms with Gasteiger partial charge in [0.05, 0.1) is 13.2 Å². The SMILES string of the molecule is NC(=O)C(c1cccc2c1OCC=C2)N1CCOCC1. The fourth-order valence-electron chi connectivity index (χ4n) is 2.76. The molecule has 1 atom stereocenters. The van der Waals surface area contributed by atoms with Gasteiger partial charge in [-0.1, -0.05) is 24.3 Å². The maximum absolute atomic E-state index is 12.0. The van der Waals surface area contributed by atoms with E-state index in [4.69, 9.17) is 15.2 Å². The number of amides is 1. The lowest BCUT2D eigenvalue weighted by Crippen LogP contribution is -2.44. The molecule has 0 aliphatic carbocycles. The Morgan fingerprint density at radius 3 is 2.85 bits per heavy atom. The standard InChI is InChI=1S/C15H18N2O3/c16-15(18)13(17-6-9-19-10-7-17)12-5-1-3-11-4-2-8-20-14(11)12/h1-5,13H,6-10H2,(H2,16,18). The van der Waals surface area contributed by atoms with Gasteiger partial charge in [-0.25, -0.2) is 0 Å². The Bertz CT molecular complexity index is 536. The van der Waals surface area contributed by atoms with Crippen molar-refractivity contribution in [2.45, 2.75) is 6.04 Å². The molecular formula is C15H18N2O3. The average Bonchev–Trinajstić information content (AvgIpc) is 2.48. The van der Waals surface area contributed by atoms with Crippen molar-refractivity contribution in [2.75, 3.05) is 32.9 Å². The highest BCUT2D eigenvalue weighted by atomic mass is 16.5. The second kappa shape index (κ2) is 5.64. The van der Waals surface area contributed by atoms with Gasteiger partial charge in [0.25, 0.3) is 0 Å². The summed E-state index contributed by atoms with van der Waals surface area (Å²) in [6.07, 6.45) is 3.97. The number of carbonyl (C=O) groups is 1. The van der Waals surface area contributed by atoms with Crippen molar-refractivity contribution in [1.29, 1.82) is 0 Å². The quantitative estimate of drug-likeness (QED) is 0.891. The van der Waals surface area contributed by atoms with Gasteiger partial charge in [-0.3, -0.25) is 9.69 Å². The van der Waals surface area contributed by atoms with E-state index in [0.29, 0.717) is 32.9 Å². The first kappa shape index (κ1) is 13.1. The fraction of sp³-hybridized carbons (Fsp3) is 0.400. The lowest BCUT2D eigenvalue weighted by Gasteiger charge is -2.34. The summed E-state index contributed by atoms with van der Waals surface area (Å²) in [5.41, 5.74) is 7.48. The summed E-state index contributed by atoms with van der Waals surface area (Å²) < 4.78 is 11.1. The number of rotatable bonds is 3. The van der Waals surface area contributed by atoms with Gasteiger partial charge in [0.2, 0.25) is 5.91 Å². The summed E-state index contributed by atoms with van der Waals surface area (Å²) in [4.78, 5) is 14.0. The third-order valence-corrected chi connectivity index (χ3v) is 3.67. The summed E-state index contributed by atoms with van der Waals surface area (Å²) in [5, 5.41) is 0. The number of hydrogen-bond donors (Lipinski definition) is 1. The van der Waals surface area contributed by atoms with Gasteiger partial charge in [0, 0.05) is 24.2 Å². The zero-order chi connectivity index (χ0) is 13.9. The first-order valence-corrected chi connectivity index (χ1v) is 6.81. The number of carbonyl (C=O) groups excluding carboxylic acids is 1. The summed E-state index contributed by atoms with van der Waals surface area (Å²) in [5.74, 6) is 0.420. The fourth-order valence-corrected chi connectivity index (χ4v) is 2.76. The van der Waals surface area contributed by atoms with Gasteiger partial charge in [-0.05, 0) is 6.08 Å². The van der Waals surface area contributed by atoms with Crippen LogP contribution in [0.5, 0.6) is 5.75 Å². The predicted octanol–water partition coefficient (Wildman–Crippen LogP) is 0.951. The molecule has 3 rings (SSSR count). The van der Waals surface area contributed by atoms with E-state index in [2.05, 4.69) is 4.90 Å². The van der Waals surface area contributed by atoms with E-state index in [-0.39, 0.29) is 5.91 Å². The third kappa shape index (κ3) is 2.42. The monoisotopic (exact) mass is 274 g/mol. The Balaban J connectivity index is 1.99. The minimum atomic E-state index is -0.458. The Labute approximate surface area is 118 Å². The third-order valence-electron chi connectivity index (χ3n) is 3.67. The minimum Gasteiger partial charge on any atom is -0.489 e. The van der Waals surface area contributed by atoms with E-state index in [1.54, 1.807) is 0 Å². The Kier molecular flexibility index (Phi) is 3.71. The number of nitrogens with zero attached hydrogens (tertiary/aromatic N) is 1. The number of nitrogens with two attached hydrogens (primary N) is 1. The van der Waals surface area contributed by atoms with Crippen molar-refractivity contribution in [3.63, 3.8) is 0 Å². The molecule has 2 heterocycles. The molecule has 1 fully saturated rings. The molecule has 1 saturated heterocycles. The van der Waals surface area contributed by atoms with Crippen LogP contribution >= 0.6 is 0 Å². The molecule has 0 saturated carbocycles.